The Labute approximate surface area is 180 Å². The molecule has 3 rings (SSSR count). The Hall–Kier alpha value is -3.36. The van der Waals surface area contributed by atoms with Gasteiger partial charge in [0, 0.05) is 24.0 Å². The molecule has 0 atom stereocenters. The quantitative estimate of drug-likeness (QED) is 0.397. The zero-order valence-corrected chi connectivity index (χ0v) is 17.9. The molecular weight excluding hydrogens is 404 g/mol. The monoisotopic (exact) mass is 431 g/mol. The number of hydrogen-bond donors (Lipinski definition) is 2. The first kappa shape index (κ1) is 22.3. The molecule has 9 heteroatoms. The third-order valence-corrected chi connectivity index (χ3v) is 4.50. The second-order valence-electron chi connectivity index (χ2n) is 6.73. The summed E-state index contributed by atoms with van der Waals surface area (Å²) in [6.45, 7) is 4.40. The van der Waals surface area contributed by atoms with Gasteiger partial charge in [0.2, 0.25) is 0 Å². The Balaban J connectivity index is 1.76. The van der Waals surface area contributed by atoms with E-state index >= 15 is 0 Å². The van der Waals surface area contributed by atoms with Crippen molar-refractivity contribution < 1.29 is 18.3 Å². The molecule has 3 aromatic rings. The SMILES string of the molecule is CCNC(=NCc1cccc(OCC)c1OC(F)F)NCc1cn2c(C)cccc2n1. The number of aryl methyl sites for hydroxylation is 1. The predicted octanol–water partition coefficient (Wildman–Crippen LogP) is 3.90. The van der Waals surface area contributed by atoms with Crippen molar-refractivity contribution in [3.63, 3.8) is 0 Å². The number of aromatic nitrogens is 2. The van der Waals surface area contributed by atoms with Crippen molar-refractivity contribution in [3.8, 4) is 11.5 Å². The van der Waals surface area contributed by atoms with Crippen molar-refractivity contribution in [1.29, 1.82) is 0 Å². The number of halogens is 2. The van der Waals surface area contributed by atoms with Gasteiger partial charge in [-0.3, -0.25) is 0 Å². The van der Waals surface area contributed by atoms with Gasteiger partial charge in [-0.05, 0) is 39.0 Å². The summed E-state index contributed by atoms with van der Waals surface area (Å²) in [6.07, 6.45) is 1.97. The zero-order chi connectivity index (χ0) is 22.2. The van der Waals surface area contributed by atoms with E-state index in [2.05, 4.69) is 20.6 Å². The average molecular weight is 431 g/mol. The number of alkyl halides is 2. The summed E-state index contributed by atoms with van der Waals surface area (Å²) in [7, 11) is 0. The van der Waals surface area contributed by atoms with E-state index in [1.165, 1.54) is 0 Å². The van der Waals surface area contributed by atoms with Gasteiger partial charge in [-0.15, -0.1) is 0 Å². The number of ether oxygens (including phenoxy) is 2. The molecule has 2 heterocycles. The highest BCUT2D eigenvalue weighted by molar-refractivity contribution is 5.79. The van der Waals surface area contributed by atoms with Crippen LogP contribution >= 0.6 is 0 Å². The lowest BCUT2D eigenvalue weighted by atomic mass is 10.2. The van der Waals surface area contributed by atoms with Gasteiger partial charge in [0.05, 0.1) is 25.4 Å². The Morgan fingerprint density at radius 3 is 2.68 bits per heavy atom. The van der Waals surface area contributed by atoms with Crippen LogP contribution in [-0.2, 0) is 13.1 Å². The number of hydrogen-bond acceptors (Lipinski definition) is 4. The number of aliphatic imine (C=N–C) groups is 1. The van der Waals surface area contributed by atoms with Gasteiger partial charge >= 0.3 is 6.61 Å². The van der Waals surface area contributed by atoms with E-state index in [0.29, 0.717) is 31.2 Å². The smallest absolute Gasteiger partial charge is 0.387 e. The fourth-order valence-corrected chi connectivity index (χ4v) is 3.14. The molecular formula is C22H27F2N5O2. The maximum Gasteiger partial charge on any atom is 0.387 e. The molecule has 0 saturated heterocycles. The normalized spacial score (nSPS) is 11.7. The molecule has 31 heavy (non-hydrogen) atoms. The lowest BCUT2D eigenvalue weighted by Gasteiger charge is -2.15. The summed E-state index contributed by atoms with van der Waals surface area (Å²) >= 11 is 0. The van der Waals surface area contributed by atoms with Crippen LogP contribution in [0.5, 0.6) is 11.5 Å². The number of imidazole rings is 1. The number of benzene rings is 1. The van der Waals surface area contributed by atoms with Crippen LogP contribution in [0.15, 0.2) is 47.6 Å². The van der Waals surface area contributed by atoms with Gasteiger partial charge in [-0.2, -0.15) is 8.78 Å². The largest absolute Gasteiger partial charge is 0.490 e. The van der Waals surface area contributed by atoms with Crippen molar-refractivity contribution in [2.75, 3.05) is 13.2 Å². The molecule has 7 nitrogen and oxygen atoms in total. The van der Waals surface area contributed by atoms with Crippen LogP contribution in [0.1, 0.15) is 30.8 Å². The van der Waals surface area contributed by atoms with Crippen molar-refractivity contribution >= 4 is 11.6 Å². The van der Waals surface area contributed by atoms with Crippen molar-refractivity contribution in [3.05, 3.63) is 59.5 Å². The maximum atomic E-state index is 12.9. The minimum Gasteiger partial charge on any atom is -0.490 e. The van der Waals surface area contributed by atoms with E-state index in [0.717, 1.165) is 17.0 Å². The van der Waals surface area contributed by atoms with E-state index in [1.807, 2.05) is 42.6 Å². The number of pyridine rings is 1. The van der Waals surface area contributed by atoms with Gasteiger partial charge in [0.25, 0.3) is 0 Å². The molecule has 0 radical (unpaired) electrons. The minimum atomic E-state index is -2.95. The van der Waals surface area contributed by atoms with Crippen LogP contribution in [0.4, 0.5) is 8.78 Å². The van der Waals surface area contributed by atoms with E-state index in [-0.39, 0.29) is 18.0 Å². The van der Waals surface area contributed by atoms with Gasteiger partial charge in [-0.1, -0.05) is 18.2 Å². The molecule has 0 unspecified atom stereocenters. The number of para-hydroxylation sites is 1. The highest BCUT2D eigenvalue weighted by Crippen LogP contribution is 2.33. The predicted molar refractivity (Wildman–Crippen MR) is 116 cm³/mol. The van der Waals surface area contributed by atoms with Crippen molar-refractivity contribution in [2.24, 2.45) is 4.99 Å². The standard InChI is InChI=1S/C22H27F2N5O2/c1-4-25-22(27-13-17-14-29-15(3)8-6-11-19(29)28-17)26-12-16-9-7-10-18(30-5-2)20(16)31-21(23)24/h6-11,14,21H,4-5,12-13H2,1-3H3,(H2,25,26,27). The van der Waals surface area contributed by atoms with Crippen molar-refractivity contribution in [2.45, 2.75) is 40.5 Å². The zero-order valence-electron chi connectivity index (χ0n) is 17.9. The van der Waals surface area contributed by atoms with Crippen LogP contribution in [0.2, 0.25) is 0 Å². The molecule has 0 aliphatic carbocycles. The summed E-state index contributed by atoms with van der Waals surface area (Å²) in [4.78, 5) is 9.12. The summed E-state index contributed by atoms with van der Waals surface area (Å²) in [6, 6.07) is 11.0. The fraction of sp³-hybridized carbons (Fsp3) is 0.364. The summed E-state index contributed by atoms with van der Waals surface area (Å²) in [5.41, 5.74) is 3.34. The van der Waals surface area contributed by atoms with Crippen LogP contribution in [0, 0.1) is 6.92 Å². The molecule has 0 amide bonds. The molecule has 0 aliphatic heterocycles. The van der Waals surface area contributed by atoms with Crippen LogP contribution in [0.3, 0.4) is 0 Å². The third kappa shape index (κ3) is 5.84. The van der Waals surface area contributed by atoms with Crippen molar-refractivity contribution in [1.82, 2.24) is 20.0 Å². The van der Waals surface area contributed by atoms with Crippen LogP contribution < -0.4 is 20.1 Å². The first-order valence-corrected chi connectivity index (χ1v) is 10.2. The van der Waals surface area contributed by atoms with E-state index < -0.39 is 6.61 Å². The third-order valence-electron chi connectivity index (χ3n) is 4.50. The van der Waals surface area contributed by atoms with E-state index in [4.69, 9.17) is 9.47 Å². The Morgan fingerprint density at radius 1 is 1.16 bits per heavy atom. The molecule has 1 aromatic carbocycles. The number of rotatable bonds is 9. The topological polar surface area (TPSA) is 72.2 Å². The molecule has 2 N–H and O–H groups in total. The second-order valence-corrected chi connectivity index (χ2v) is 6.73. The summed E-state index contributed by atoms with van der Waals surface area (Å²) in [5.74, 6) is 0.824. The van der Waals surface area contributed by atoms with Gasteiger partial charge in [0.15, 0.2) is 17.5 Å². The number of nitrogens with one attached hydrogen (secondary N) is 2. The average Bonchev–Trinajstić information content (AvgIpc) is 3.16. The van der Waals surface area contributed by atoms with E-state index in [9.17, 15) is 8.78 Å². The molecule has 2 aromatic heterocycles. The van der Waals surface area contributed by atoms with Crippen LogP contribution in [-0.4, -0.2) is 35.1 Å². The highest BCUT2D eigenvalue weighted by Gasteiger charge is 2.15. The molecule has 0 spiro atoms. The number of nitrogens with zero attached hydrogens (tertiary/aromatic N) is 3. The molecule has 0 fully saturated rings. The van der Waals surface area contributed by atoms with Gasteiger partial charge in [0.1, 0.15) is 5.65 Å². The maximum absolute atomic E-state index is 12.9. The van der Waals surface area contributed by atoms with Gasteiger partial charge < -0.3 is 24.5 Å². The number of guanidine groups is 1. The summed E-state index contributed by atoms with van der Waals surface area (Å²) in [5, 5.41) is 6.38. The minimum absolute atomic E-state index is 0.00905. The fourth-order valence-electron chi connectivity index (χ4n) is 3.14. The van der Waals surface area contributed by atoms with Crippen LogP contribution in [0.25, 0.3) is 5.65 Å². The molecule has 0 aliphatic rings. The highest BCUT2D eigenvalue weighted by atomic mass is 19.3. The van der Waals surface area contributed by atoms with Gasteiger partial charge in [-0.25, -0.2) is 9.98 Å². The first-order chi connectivity index (χ1) is 15.0. The first-order valence-electron chi connectivity index (χ1n) is 10.2. The summed E-state index contributed by atoms with van der Waals surface area (Å²) < 4.78 is 38.0. The van der Waals surface area contributed by atoms with E-state index in [1.54, 1.807) is 25.1 Å². The molecule has 166 valence electrons. The molecule has 0 saturated carbocycles. The second kappa shape index (κ2) is 10.6. The molecule has 0 bridgehead atoms. The number of fused-ring (bicyclic) bond motifs is 1. The Bertz CT molecular complexity index is 1040. The lowest BCUT2D eigenvalue weighted by molar-refractivity contribution is -0.0520. The Morgan fingerprint density at radius 2 is 1.97 bits per heavy atom. The Kier molecular flexibility index (Phi) is 7.64. The lowest BCUT2D eigenvalue weighted by Crippen LogP contribution is -2.36.